The molecule has 1 aliphatic rings. The molecule has 1 fully saturated rings. The first-order chi connectivity index (χ1) is 11.8. The Balaban J connectivity index is 0.00000625. The molecule has 0 aromatic heterocycles. The maximum atomic E-state index is 13.1. The second kappa shape index (κ2) is 13.3. The molecule has 0 saturated carbocycles. The van der Waals surface area contributed by atoms with Crippen molar-refractivity contribution in [1.29, 1.82) is 0 Å². The Hall–Kier alpha value is 0.0800. The fourth-order valence-electron chi connectivity index (χ4n) is 2.87. The molecule has 0 amide bonds. The van der Waals surface area contributed by atoms with Crippen molar-refractivity contribution in [1.82, 2.24) is 8.61 Å². The Morgan fingerprint density at radius 1 is 1.08 bits per heavy atom. The fraction of sp³-hybridized carbons (Fsp3) is 1.00. The topological polar surface area (TPSA) is 75.9 Å². The average molecular weight is 414 g/mol. The van der Waals surface area contributed by atoms with Crippen LogP contribution in [0.15, 0.2) is 0 Å². The molecule has 0 aliphatic carbocycles. The van der Waals surface area contributed by atoms with Gasteiger partial charge in [-0.25, -0.2) is 0 Å². The van der Waals surface area contributed by atoms with Crippen LogP contribution >= 0.6 is 12.4 Å². The van der Waals surface area contributed by atoms with Crippen LogP contribution in [-0.2, 0) is 14.9 Å². The Morgan fingerprint density at radius 3 is 2.00 bits per heavy atom. The zero-order chi connectivity index (χ0) is 18.9. The number of nitrogens with two attached hydrogens (primary N) is 1. The highest BCUT2D eigenvalue weighted by Crippen LogP contribution is 2.21. The molecule has 2 N–H and O–H groups in total. The minimum Gasteiger partial charge on any atom is -0.378 e. The van der Waals surface area contributed by atoms with Crippen LogP contribution in [0, 0.1) is 11.8 Å². The van der Waals surface area contributed by atoms with Crippen molar-refractivity contribution in [2.45, 2.75) is 65.9 Å². The number of nitrogens with zero attached hydrogens (tertiary/aromatic N) is 2. The van der Waals surface area contributed by atoms with Crippen LogP contribution in [0.3, 0.4) is 0 Å². The van der Waals surface area contributed by atoms with Crippen molar-refractivity contribution < 1.29 is 13.2 Å². The number of halogens is 1. The fourth-order valence-corrected chi connectivity index (χ4v) is 4.54. The van der Waals surface area contributed by atoms with Gasteiger partial charge in [-0.15, -0.1) is 12.4 Å². The van der Waals surface area contributed by atoms with E-state index in [0.717, 1.165) is 32.1 Å². The molecular formula is C18H40ClN3O3S. The van der Waals surface area contributed by atoms with E-state index in [1.807, 2.05) is 0 Å². The molecule has 1 heterocycles. The molecule has 0 aromatic rings. The lowest BCUT2D eigenvalue weighted by Crippen LogP contribution is -2.49. The van der Waals surface area contributed by atoms with E-state index in [0.29, 0.717) is 51.2 Å². The Kier molecular flexibility index (Phi) is 13.3. The summed E-state index contributed by atoms with van der Waals surface area (Å²) in [6, 6.07) is 0. The highest BCUT2D eigenvalue weighted by molar-refractivity contribution is 7.86. The van der Waals surface area contributed by atoms with Gasteiger partial charge in [-0.2, -0.15) is 17.0 Å². The third-order valence-corrected chi connectivity index (χ3v) is 6.70. The highest BCUT2D eigenvalue weighted by atomic mass is 35.5. The Morgan fingerprint density at radius 2 is 1.58 bits per heavy atom. The third-order valence-electron chi connectivity index (χ3n) is 4.67. The van der Waals surface area contributed by atoms with E-state index in [2.05, 4.69) is 27.7 Å². The quantitative estimate of drug-likeness (QED) is 0.499. The van der Waals surface area contributed by atoms with E-state index in [9.17, 15) is 8.42 Å². The highest BCUT2D eigenvalue weighted by Gasteiger charge is 2.33. The predicted molar refractivity (Wildman–Crippen MR) is 111 cm³/mol. The first-order valence-corrected chi connectivity index (χ1v) is 11.2. The normalized spacial score (nSPS) is 17.2. The van der Waals surface area contributed by atoms with Gasteiger partial charge in [0.2, 0.25) is 0 Å². The first-order valence-electron chi connectivity index (χ1n) is 9.84. The Bertz CT molecular complexity index is 441. The molecule has 0 atom stereocenters. The van der Waals surface area contributed by atoms with Gasteiger partial charge >= 0.3 is 0 Å². The summed E-state index contributed by atoms with van der Waals surface area (Å²) >= 11 is 0. The maximum absolute atomic E-state index is 13.1. The molecule has 158 valence electrons. The van der Waals surface area contributed by atoms with Crippen LogP contribution < -0.4 is 5.73 Å². The van der Waals surface area contributed by atoms with Gasteiger partial charge in [-0.05, 0) is 50.5 Å². The van der Waals surface area contributed by atoms with Crippen molar-refractivity contribution in [3.63, 3.8) is 0 Å². The summed E-state index contributed by atoms with van der Waals surface area (Å²) in [5, 5.41) is 0. The second-order valence-electron chi connectivity index (χ2n) is 7.88. The number of hydrogen-bond acceptors (Lipinski definition) is 4. The summed E-state index contributed by atoms with van der Waals surface area (Å²) in [5.41, 5.74) is 5.48. The van der Waals surface area contributed by atoms with E-state index in [1.165, 1.54) is 0 Å². The van der Waals surface area contributed by atoms with Crippen molar-refractivity contribution >= 4 is 22.6 Å². The van der Waals surface area contributed by atoms with Crippen LogP contribution in [0.2, 0.25) is 0 Å². The molecule has 6 nitrogen and oxygen atoms in total. The maximum Gasteiger partial charge on any atom is 0.281 e. The summed E-state index contributed by atoms with van der Waals surface area (Å²) in [4.78, 5) is 0. The summed E-state index contributed by atoms with van der Waals surface area (Å²) in [6.07, 6.45) is 4.36. The number of piperidine rings is 1. The van der Waals surface area contributed by atoms with Gasteiger partial charge in [0.25, 0.3) is 10.2 Å². The van der Waals surface area contributed by atoms with Gasteiger partial charge in [-0.1, -0.05) is 27.7 Å². The smallest absolute Gasteiger partial charge is 0.281 e. The van der Waals surface area contributed by atoms with Crippen molar-refractivity contribution in [2.24, 2.45) is 17.6 Å². The zero-order valence-electron chi connectivity index (χ0n) is 17.0. The molecule has 8 heteroatoms. The summed E-state index contributed by atoms with van der Waals surface area (Å²) in [6.45, 7) is 12.2. The molecule has 1 aliphatic heterocycles. The predicted octanol–water partition coefficient (Wildman–Crippen LogP) is 2.88. The minimum absolute atomic E-state index is 0. The van der Waals surface area contributed by atoms with Crippen molar-refractivity contribution in [3.8, 4) is 0 Å². The van der Waals surface area contributed by atoms with Gasteiger partial charge in [0.05, 0.1) is 6.10 Å². The van der Waals surface area contributed by atoms with Crippen LogP contribution in [0.4, 0.5) is 0 Å². The van der Waals surface area contributed by atoms with Gasteiger partial charge in [-0.3, -0.25) is 0 Å². The van der Waals surface area contributed by atoms with Crippen LogP contribution in [0.25, 0.3) is 0 Å². The summed E-state index contributed by atoms with van der Waals surface area (Å²) < 4.78 is 35.3. The SMILES string of the molecule is CC(C)CCN(CCC(C)C)S(=O)(=O)N1CCC(OCCCN)CC1.Cl. The molecular weight excluding hydrogens is 374 g/mol. The molecule has 0 bridgehead atoms. The summed E-state index contributed by atoms with van der Waals surface area (Å²) in [5.74, 6) is 0.997. The van der Waals surface area contributed by atoms with E-state index < -0.39 is 10.2 Å². The monoisotopic (exact) mass is 413 g/mol. The van der Waals surface area contributed by atoms with Gasteiger partial charge in [0.15, 0.2) is 0 Å². The molecule has 1 rings (SSSR count). The van der Waals surface area contributed by atoms with Crippen molar-refractivity contribution in [3.05, 3.63) is 0 Å². The van der Waals surface area contributed by atoms with Gasteiger partial charge in [0, 0.05) is 32.8 Å². The average Bonchev–Trinajstić information content (AvgIpc) is 2.54. The molecule has 0 spiro atoms. The molecule has 0 unspecified atom stereocenters. The second-order valence-corrected chi connectivity index (χ2v) is 9.81. The van der Waals surface area contributed by atoms with E-state index in [4.69, 9.17) is 10.5 Å². The summed E-state index contributed by atoms with van der Waals surface area (Å²) in [7, 11) is -3.37. The molecule has 1 saturated heterocycles. The van der Waals surface area contributed by atoms with E-state index >= 15 is 0 Å². The van der Waals surface area contributed by atoms with Crippen LogP contribution in [0.1, 0.15) is 59.8 Å². The number of rotatable bonds is 12. The molecule has 0 aromatic carbocycles. The standard InChI is InChI=1S/C18H39N3O3S.ClH/c1-16(2)6-11-20(12-7-17(3)4)25(22,23)21-13-8-18(9-14-21)24-15-5-10-19;/h16-18H,5-15,19H2,1-4H3;1H. The minimum atomic E-state index is -3.37. The Labute approximate surface area is 167 Å². The van der Waals surface area contributed by atoms with Crippen molar-refractivity contribution in [2.75, 3.05) is 39.3 Å². The molecule has 0 radical (unpaired) electrons. The number of hydrogen-bond donors (Lipinski definition) is 1. The number of ether oxygens (including phenoxy) is 1. The van der Waals surface area contributed by atoms with Gasteiger partial charge < -0.3 is 10.5 Å². The van der Waals surface area contributed by atoms with Crippen LogP contribution in [0.5, 0.6) is 0 Å². The van der Waals surface area contributed by atoms with E-state index in [1.54, 1.807) is 8.61 Å². The lowest BCUT2D eigenvalue weighted by atomic mass is 10.1. The van der Waals surface area contributed by atoms with Crippen LogP contribution in [-0.4, -0.2) is 62.5 Å². The lowest BCUT2D eigenvalue weighted by molar-refractivity contribution is 0.0200. The first kappa shape index (κ1) is 26.1. The third kappa shape index (κ3) is 9.33. The lowest BCUT2D eigenvalue weighted by Gasteiger charge is -2.35. The largest absolute Gasteiger partial charge is 0.378 e. The molecule has 26 heavy (non-hydrogen) atoms. The van der Waals surface area contributed by atoms with E-state index in [-0.39, 0.29) is 18.5 Å². The zero-order valence-corrected chi connectivity index (χ0v) is 18.7. The van der Waals surface area contributed by atoms with Gasteiger partial charge in [0.1, 0.15) is 0 Å².